The van der Waals surface area contributed by atoms with E-state index in [9.17, 15) is 4.79 Å². The molecule has 1 aromatic heterocycles. The molecule has 7 heteroatoms. The number of methoxy groups -OCH3 is 1. The van der Waals surface area contributed by atoms with E-state index in [1.165, 1.54) is 11.1 Å². The molecular weight excluding hydrogens is 404 g/mol. The van der Waals surface area contributed by atoms with Gasteiger partial charge in [0.05, 0.1) is 19.6 Å². The summed E-state index contributed by atoms with van der Waals surface area (Å²) in [5, 5.41) is 7.21. The summed E-state index contributed by atoms with van der Waals surface area (Å²) >= 11 is 0. The summed E-state index contributed by atoms with van der Waals surface area (Å²) in [5.41, 5.74) is 3.31. The van der Waals surface area contributed by atoms with Crippen LogP contribution in [0.3, 0.4) is 0 Å². The topological polar surface area (TPSA) is 80.5 Å². The summed E-state index contributed by atoms with van der Waals surface area (Å²) in [6.07, 6.45) is 2.69. The quantitative estimate of drug-likeness (QED) is 0.583. The number of aryl methyl sites for hydroxylation is 1. The standard InChI is InChI=1S/C25H30N4O3/c1-18-5-9-20(10-6-18)24-27-23(32-28-24)17-29-15-3-4-21(16-29)25(30)26-14-13-19-7-11-22(31-2)12-8-19/h5-12,21H,3-4,13-17H2,1-2H3,(H,26,30). The molecule has 0 saturated carbocycles. The molecule has 1 saturated heterocycles. The molecule has 2 heterocycles. The highest BCUT2D eigenvalue weighted by atomic mass is 16.5. The van der Waals surface area contributed by atoms with Crippen LogP contribution >= 0.6 is 0 Å². The first kappa shape index (κ1) is 22.0. The lowest BCUT2D eigenvalue weighted by atomic mass is 9.97. The first-order chi connectivity index (χ1) is 15.6. The summed E-state index contributed by atoms with van der Waals surface area (Å²) < 4.78 is 10.6. The number of rotatable bonds is 8. The zero-order valence-electron chi connectivity index (χ0n) is 18.7. The Hall–Kier alpha value is -3.19. The number of carbonyl (C=O) groups is 1. The minimum Gasteiger partial charge on any atom is -0.497 e. The van der Waals surface area contributed by atoms with Gasteiger partial charge in [-0.05, 0) is 50.4 Å². The molecule has 1 aliphatic heterocycles. The molecule has 0 spiro atoms. The van der Waals surface area contributed by atoms with E-state index in [0.717, 1.165) is 37.1 Å². The zero-order chi connectivity index (χ0) is 22.3. The van der Waals surface area contributed by atoms with Gasteiger partial charge in [0, 0.05) is 18.7 Å². The van der Waals surface area contributed by atoms with Gasteiger partial charge in [-0.15, -0.1) is 0 Å². The molecule has 1 atom stereocenters. The normalized spacial score (nSPS) is 16.6. The van der Waals surface area contributed by atoms with Crippen LogP contribution in [-0.2, 0) is 17.8 Å². The van der Waals surface area contributed by atoms with Crippen molar-refractivity contribution in [1.82, 2.24) is 20.4 Å². The largest absolute Gasteiger partial charge is 0.497 e. The van der Waals surface area contributed by atoms with Crippen molar-refractivity contribution in [3.8, 4) is 17.1 Å². The van der Waals surface area contributed by atoms with Gasteiger partial charge in [0.25, 0.3) is 0 Å². The van der Waals surface area contributed by atoms with E-state index in [4.69, 9.17) is 9.26 Å². The Labute approximate surface area is 188 Å². The highest BCUT2D eigenvalue weighted by Gasteiger charge is 2.26. The second-order valence-corrected chi connectivity index (χ2v) is 8.34. The van der Waals surface area contributed by atoms with Crippen LogP contribution in [0.2, 0.25) is 0 Å². The van der Waals surface area contributed by atoms with Crippen molar-refractivity contribution in [2.24, 2.45) is 5.92 Å². The molecule has 2 aromatic carbocycles. The molecule has 1 N–H and O–H groups in total. The van der Waals surface area contributed by atoms with E-state index < -0.39 is 0 Å². The van der Waals surface area contributed by atoms with E-state index >= 15 is 0 Å². The van der Waals surface area contributed by atoms with Gasteiger partial charge < -0.3 is 14.6 Å². The van der Waals surface area contributed by atoms with Gasteiger partial charge >= 0.3 is 0 Å². The number of aromatic nitrogens is 2. The van der Waals surface area contributed by atoms with E-state index in [2.05, 4.69) is 20.4 Å². The smallest absolute Gasteiger partial charge is 0.241 e. The predicted octanol–water partition coefficient (Wildman–Crippen LogP) is 3.62. The fourth-order valence-electron chi connectivity index (χ4n) is 4.01. The van der Waals surface area contributed by atoms with Crippen LogP contribution < -0.4 is 10.1 Å². The summed E-state index contributed by atoms with van der Waals surface area (Å²) in [6, 6.07) is 16.0. The van der Waals surface area contributed by atoms with Crippen LogP contribution in [0.5, 0.6) is 5.75 Å². The first-order valence-corrected chi connectivity index (χ1v) is 11.1. The number of benzene rings is 2. The lowest BCUT2D eigenvalue weighted by Gasteiger charge is -2.30. The number of likely N-dealkylation sites (tertiary alicyclic amines) is 1. The highest BCUT2D eigenvalue weighted by molar-refractivity contribution is 5.79. The second kappa shape index (κ2) is 10.4. The number of nitrogens with one attached hydrogen (secondary N) is 1. The third-order valence-corrected chi connectivity index (χ3v) is 5.88. The zero-order valence-corrected chi connectivity index (χ0v) is 18.7. The van der Waals surface area contributed by atoms with Gasteiger partial charge in [-0.3, -0.25) is 9.69 Å². The summed E-state index contributed by atoms with van der Waals surface area (Å²) in [7, 11) is 1.66. The van der Waals surface area contributed by atoms with Gasteiger partial charge in [0.1, 0.15) is 5.75 Å². The summed E-state index contributed by atoms with van der Waals surface area (Å²) in [4.78, 5) is 19.5. The first-order valence-electron chi connectivity index (χ1n) is 11.1. The number of nitrogens with zero attached hydrogens (tertiary/aromatic N) is 3. The van der Waals surface area contributed by atoms with Crippen molar-refractivity contribution in [2.45, 2.75) is 32.7 Å². The molecule has 1 amide bonds. The molecule has 168 valence electrons. The number of ether oxygens (including phenoxy) is 1. The molecule has 0 aliphatic carbocycles. The Bertz CT molecular complexity index is 1010. The van der Waals surface area contributed by atoms with Crippen LogP contribution in [0.4, 0.5) is 0 Å². The highest BCUT2D eigenvalue weighted by Crippen LogP contribution is 2.21. The van der Waals surface area contributed by atoms with Gasteiger partial charge in [-0.2, -0.15) is 4.98 Å². The van der Waals surface area contributed by atoms with E-state index in [-0.39, 0.29) is 11.8 Å². The van der Waals surface area contributed by atoms with E-state index in [1.807, 2.05) is 55.5 Å². The molecular formula is C25H30N4O3. The molecule has 3 aromatic rings. The predicted molar refractivity (Wildman–Crippen MR) is 122 cm³/mol. The molecule has 1 unspecified atom stereocenters. The van der Waals surface area contributed by atoms with Crippen molar-refractivity contribution in [2.75, 3.05) is 26.7 Å². The fourth-order valence-corrected chi connectivity index (χ4v) is 4.01. The number of hydrogen-bond donors (Lipinski definition) is 1. The Morgan fingerprint density at radius 3 is 2.72 bits per heavy atom. The Morgan fingerprint density at radius 1 is 1.19 bits per heavy atom. The van der Waals surface area contributed by atoms with Crippen molar-refractivity contribution in [3.63, 3.8) is 0 Å². The van der Waals surface area contributed by atoms with Crippen molar-refractivity contribution >= 4 is 5.91 Å². The van der Waals surface area contributed by atoms with Gasteiger partial charge in [0.2, 0.25) is 17.6 Å². The number of amides is 1. The number of piperidine rings is 1. The molecule has 4 rings (SSSR count). The average molecular weight is 435 g/mol. The monoisotopic (exact) mass is 434 g/mol. The second-order valence-electron chi connectivity index (χ2n) is 8.34. The van der Waals surface area contributed by atoms with Crippen LogP contribution in [0, 0.1) is 12.8 Å². The maximum absolute atomic E-state index is 12.7. The van der Waals surface area contributed by atoms with Gasteiger partial charge in [-0.25, -0.2) is 0 Å². The Balaban J connectivity index is 1.25. The lowest BCUT2D eigenvalue weighted by Crippen LogP contribution is -2.43. The molecule has 7 nitrogen and oxygen atoms in total. The molecule has 1 fully saturated rings. The third kappa shape index (κ3) is 5.73. The fraction of sp³-hybridized carbons (Fsp3) is 0.400. The van der Waals surface area contributed by atoms with Crippen molar-refractivity contribution < 1.29 is 14.1 Å². The summed E-state index contributed by atoms with van der Waals surface area (Å²) in [5.74, 6) is 2.13. The Kier molecular flexibility index (Phi) is 7.17. The van der Waals surface area contributed by atoms with E-state index in [0.29, 0.717) is 31.3 Å². The molecule has 1 aliphatic rings. The van der Waals surface area contributed by atoms with Crippen LogP contribution in [0.1, 0.15) is 29.9 Å². The van der Waals surface area contributed by atoms with Crippen molar-refractivity contribution in [3.05, 3.63) is 65.5 Å². The molecule has 32 heavy (non-hydrogen) atoms. The number of hydrogen-bond acceptors (Lipinski definition) is 6. The SMILES string of the molecule is COc1ccc(CCNC(=O)C2CCCN(Cc3nc(-c4ccc(C)cc4)no3)C2)cc1. The van der Waals surface area contributed by atoms with Crippen LogP contribution in [-0.4, -0.2) is 47.7 Å². The maximum Gasteiger partial charge on any atom is 0.241 e. The lowest BCUT2D eigenvalue weighted by molar-refractivity contribution is -0.126. The molecule has 0 radical (unpaired) electrons. The third-order valence-electron chi connectivity index (χ3n) is 5.88. The minimum atomic E-state index is -0.0147. The van der Waals surface area contributed by atoms with Crippen LogP contribution in [0.15, 0.2) is 53.1 Å². The van der Waals surface area contributed by atoms with Crippen molar-refractivity contribution in [1.29, 1.82) is 0 Å². The van der Waals surface area contributed by atoms with Gasteiger partial charge in [-0.1, -0.05) is 47.1 Å². The summed E-state index contributed by atoms with van der Waals surface area (Å²) in [6.45, 7) is 4.88. The molecule has 0 bridgehead atoms. The number of carbonyl (C=O) groups excluding carboxylic acids is 1. The average Bonchev–Trinajstić information content (AvgIpc) is 3.28. The minimum absolute atomic E-state index is 0.0147. The van der Waals surface area contributed by atoms with Crippen LogP contribution in [0.25, 0.3) is 11.4 Å². The van der Waals surface area contributed by atoms with Gasteiger partial charge in [0.15, 0.2) is 0 Å². The maximum atomic E-state index is 12.7. The Morgan fingerprint density at radius 2 is 1.97 bits per heavy atom. The van der Waals surface area contributed by atoms with E-state index in [1.54, 1.807) is 7.11 Å².